The van der Waals surface area contributed by atoms with E-state index in [1.54, 1.807) is 12.3 Å². The second-order valence-electron chi connectivity index (χ2n) is 8.02. The van der Waals surface area contributed by atoms with E-state index >= 15 is 0 Å². The summed E-state index contributed by atoms with van der Waals surface area (Å²) in [6.45, 7) is 5.60. The van der Waals surface area contributed by atoms with Crippen LogP contribution in [-0.4, -0.2) is 39.9 Å². The molecular formula is C25H27N5O2. The van der Waals surface area contributed by atoms with E-state index in [4.69, 9.17) is 5.73 Å². The zero-order valence-electron chi connectivity index (χ0n) is 18.4. The Hall–Kier alpha value is -3.74. The van der Waals surface area contributed by atoms with Gasteiger partial charge in [0.15, 0.2) is 0 Å². The second-order valence-corrected chi connectivity index (χ2v) is 8.02. The van der Waals surface area contributed by atoms with Crippen molar-refractivity contribution in [2.45, 2.75) is 33.1 Å². The molecule has 2 aromatic carbocycles. The van der Waals surface area contributed by atoms with Gasteiger partial charge in [0.2, 0.25) is 5.91 Å². The largest absolute Gasteiger partial charge is 0.387 e. The maximum atomic E-state index is 13.1. The van der Waals surface area contributed by atoms with E-state index < -0.39 is 0 Å². The van der Waals surface area contributed by atoms with Crippen molar-refractivity contribution < 1.29 is 4.79 Å². The van der Waals surface area contributed by atoms with Crippen molar-refractivity contribution >= 4 is 34.3 Å². The van der Waals surface area contributed by atoms with E-state index in [0.29, 0.717) is 23.2 Å². The average Bonchev–Trinajstić information content (AvgIpc) is 2.95. The SMILES string of the molecule is CCCN(CCC)C(=O)C1=Cc2ccc(-c3ccc4c(=O)[nH]ncc4c3)cc2N=C(N)C1. The van der Waals surface area contributed by atoms with Crippen LogP contribution in [0.5, 0.6) is 0 Å². The lowest BCUT2D eigenvalue weighted by Gasteiger charge is -2.22. The van der Waals surface area contributed by atoms with Crippen molar-refractivity contribution in [1.82, 2.24) is 15.1 Å². The average molecular weight is 430 g/mol. The molecule has 1 amide bonds. The molecule has 0 radical (unpaired) electrons. The maximum Gasteiger partial charge on any atom is 0.272 e. The van der Waals surface area contributed by atoms with Crippen molar-refractivity contribution in [3.05, 3.63) is 64.1 Å². The number of nitrogens with one attached hydrogen (secondary N) is 1. The number of carbonyl (C=O) groups excluding carboxylic acids is 1. The summed E-state index contributed by atoms with van der Waals surface area (Å²) in [5.74, 6) is 0.443. The number of hydrogen-bond acceptors (Lipinski definition) is 5. The van der Waals surface area contributed by atoms with Crippen LogP contribution in [0.1, 0.15) is 38.7 Å². The molecule has 32 heavy (non-hydrogen) atoms. The Bertz CT molecular complexity index is 1280. The smallest absolute Gasteiger partial charge is 0.272 e. The molecule has 0 spiro atoms. The van der Waals surface area contributed by atoms with Crippen LogP contribution in [0.2, 0.25) is 0 Å². The van der Waals surface area contributed by atoms with Gasteiger partial charge >= 0.3 is 0 Å². The first-order chi connectivity index (χ1) is 15.5. The highest BCUT2D eigenvalue weighted by Gasteiger charge is 2.21. The number of nitrogens with two attached hydrogens (primary N) is 1. The third-order valence-electron chi connectivity index (χ3n) is 5.54. The summed E-state index contributed by atoms with van der Waals surface area (Å²) in [6.07, 6.45) is 5.70. The molecule has 1 aromatic heterocycles. The number of rotatable bonds is 6. The molecule has 3 N–H and O–H groups in total. The van der Waals surface area contributed by atoms with Crippen molar-refractivity contribution in [2.75, 3.05) is 13.1 Å². The van der Waals surface area contributed by atoms with Crippen LogP contribution in [0, 0.1) is 0 Å². The van der Waals surface area contributed by atoms with E-state index in [2.05, 4.69) is 29.0 Å². The molecule has 1 aliphatic heterocycles. The predicted molar refractivity (Wildman–Crippen MR) is 129 cm³/mol. The first-order valence-electron chi connectivity index (χ1n) is 10.9. The highest BCUT2D eigenvalue weighted by atomic mass is 16.2. The molecule has 2 heterocycles. The molecule has 0 bridgehead atoms. The van der Waals surface area contributed by atoms with Crippen molar-refractivity contribution in [3.63, 3.8) is 0 Å². The third-order valence-corrected chi connectivity index (χ3v) is 5.54. The summed E-state index contributed by atoms with van der Waals surface area (Å²) in [6, 6.07) is 11.5. The fourth-order valence-corrected chi connectivity index (χ4v) is 4.04. The number of nitrogens with zero attached hydrogens (tertiary/aromatic N) is 3. The van der Waals surface area contributed by atoms with Gasteiger partial charge in [-0.15, -0.1) is 0 Å². The number of carbonyl (C=O) groups is 1. The van der Waals surface area contributed by atoms with Crippen LogP contribution in [0.15, 0.2) is 58.0 Å². The van der Waals surface area contributed by atoms with Gasteiger partial charge in [-0.1, -0.05) is 32.0 Å². The Morgan fingerprint density at radius 1 is 1.09 bits per heavy atom. The van der Waals surface area contributed by atoms with Gasteiger partial charge in [0.1, 0.15) is 5.84 Å². The third kappa shape index (κ3) is 4.32. The van der Waals surface area contributed by atoms with Crippen molar-refractivity contribution in [3.8, 4) is 11.1 Å². The van der Waals surface area contributed by atoms with Gasteiger partial charge in [-0.05, 0) is 48.2 Å². The van der Waals surface area contributed by atoms with Gasteiger partial charge in [0.25, 0.3) is 5.56 Å². The van der Waals surface area contributed by atoms with Gasteiger partial charge < -0.3 is 10.6 Å². The van der Waals surface area contributed by atoms with Crippen LogP contribution in [0.25, 0.3) is 28.0 Å². The molecular weight excluding hydrogens is 402 g/mol. The zero-order chi connectivity index (χ0) is 22.7. The summed E-state index contributed by atoms with van der Waals surface area (Å²) in [4.78, 5) is 31.5. The maximum absolute atomic E-state index is 13.1. The van der Waals surface area contributed by atoms with E-state index in [1.165, 1.54) is 0 Å². The molecule has 3 aromatic rings. The van der Waals surface area contributed by atoms with E-state index in [-0.39, 0.29) is 11.5 Å². The number of fused-ring (bicyclic) bond motifs is 2. The quantitative estimate of drug-likeness (QED) is 0.617. The minimum absolute atomic E-state index is 0.0241. The first-order valence-corrected chi connectivity index (χ1v) is 10.9. The molecule has 0 saturated carbocycles. The predicted octanol–water partition coefficient (Wildman–Crippen LogP) is 4.01. The summed E-state index contributed by atoms with van der Waals surface area (Å²) < 4.78 is 0. The fraction of sp³-hybridized carbons (Fsp3) is 0.280. The molecule has 4 rings (SSSR count). The number of aromatic amines is 1. The molecule has 0 aliphatic carbocycles. The van der Waals surface area contributed by atoms with Gasteiger partial charge in [-0.3, -0.25) is 9.59 Å². The number of H-pyrrole nitrogens is 1. The Kier molecular flexibility index (Phi) is 6.16. The summed E-state index contributed by atoms with van der Waals surface area (Å²) in [5.41, 5.74) is 10.1. The zero-order valence-corrected chi connectivity index (χ0v) is 18.4. The molecule has 7 nitrogen and oxygen atoms in total. The number of amidine groups is 1. The van der Waals surface area contributed by atoms with E-state index in [0.717, 1.165) is 53.7 Å². The fourth-order valence-electron chi connectivity index (χ4n) is 4.04. The molecule has 0 saturated heterocycles. The topological polar surface area (TPSA) is 104 Å². The van der Waals surface area contributed by atoms with Crippen LogP contribution < -0.4 is 11.3 Å². The number of aromatic nitrogens is 2. The van der Waals surface area contributed by atoms with Gasteiger partial charge in [-0.2, -0.15) is 5.10 Å². The standard InChI is InChI=1S/C25H27N5O2/c1-3-9-30(10-4-2)25(32)19-12-18-6-5-17(13-22(18)28-23(26)14-19)16-7-8-21-20(11-16)15-27-29-24(21)31/h5-8,11-13,15H,3-4,9-10,14H2,1-2H3,(H2,26,28)(H,29,31). The highest BCUT2D eigenvalue weighted by molar-refractivity contribution is 6.05. The van der Waals surface area contributed by atoms with Crippen LogP contribution in [-0.2, 0) is 4.79 Å². The van der Waals surface area contributed by atoms with Gasteiger partial charge in [0.05, 0.1) is 17.3 Å². The van der Waals surface area contributed by atoms with Gasteiger partial charge in [0, 0.05) is 36.0 Å². The lowest BCUT2D eigenvalue weighted by Crippen LogP contribution is -2.34. The second kappa shape index (κ2) is 9.18. The molecule has 164 valence electrons. The van der Waals surface area contributed by atoms with Crippen molar-refractivity contribution in [2.24, 2.45) is 10.7 Å². The Morgan fingerprint density at radius 3 is 2.56 bits per heavy atom. The van der Waals surface area contributed by atoms with Crippen LogP contribution in [0.4, 0.5) is 5.69 Å². The molecule has 1 aliphatic rings. The lowest BCUT2D eigenvalue weighted by atomic mass is 9.99. The first kappa shape index (κ1) is 21.5. The number of benzene rings is 2. The van der Waals surface area contributed by atoms with Crippen molar-refractivity contribution in [1.29, 1.82) is 0 Å². The normalized spacial score (nSPS) is 13.2. The highest BCUT2D eigenvalue weighted by Crippen LogP contribution is 2.32. The monoisotopic (exact) mass is 429 g/mol. The number of hydrogen-bond donors (Lipinski definition) is 2. The Balaban J connectivity index is 1.72. The van der Waals surface area contributed by atoms with E-state index in [1.807, 2.05) is 41.3 Å². The number of amides is 1. The van der Waals surface area contributed by atoms with Crippen LogP contribution >= 0.6 is 0 Å². The Labute approximate surface area is 186 Å². The summed E-state index contributed by atoms with van der Waals surface area (Å²) in [7, 11) is 0. The molecule has 0 unspecified atom stereocenters. The number of aliphatic imine (C=N–C) groups is 1. The summed E-state index contributed by atoms with van der Waals surface area (Å²) >= 11 is 0. The summed E-state index contributed by atoms with van der Waals surface area (Å²) in [5, 5.41) is 7.69. The Morgan fingerprint density at radius 2 is 1.81 bits per heavy atom. The molecule has 0 atom stereocenters. The molecule has 0 fully saturated rings. The van der Waals surface area contributed by atoms with E-state index in [9.17, 15) is 9.59 Å². The minimum Gasteiger partial charge on any atom is -0.387 e. The molecule has 7 heteroatoms. The lowest BCUT2D eigenvalue weighted by molar-refractivity contribution is -0.127. The minimum atomic E-state index is -0.212. The van der Waals surface area contributed by atoms with Crippen LogP contribution in [0.3, 0.4) is 0 Å². The van der Waals surface area contributed by atoms with Gasteiger partial charge in [-0.25, -0.2) is 10.1 Å².